The molecule has 0 spiro atoms. The minimum atomic E-state index is -3.92. The van der Waals surface area contributed by atoms with Crippen molar-refractivity contribution in [3.63, 3.8) is 0 Å². The van der Waals surface area contributed by atoms with Gasteiger partial charge >= 0.3 is 0 Å². The van der Waals surface area contributed by atoms with Crippen molar-refractivity contribution in [1.29, 1.82) is 0 Å². The van der Waals surface area contributed by atoms with Crippen LogP contribution in [0.3, 0.4) is 0 Å². The lowest BCUT2D eigenvalue weighted by Gasteiger charge is -2.38. The number of rotatable bonds is 8. The maximum absolute atomic E-state index is 13.6. The third-order valence-corrected chi connectivity index (χ3v) is 9.72. The molecular formula is C19H31FN2O4S2. The Morgan fingerprint density at radius 1 is 1.21 bits per heavy atom. The van der Waals surface area contributed by atoms with Gasteiger partial charge in [-0.3, -0.25) is 4.90 Å². The molecule has 1 aliphatic rings. The van der Waals surface area contributed by atoms with Crippen molar-refractivity contribution >= 4 is 19.7 Å². The molecule has 0 saturated carbocycles. The van der Waals surface area contributed by atoms with Gasteiger partial charge in [0.1, 0.15) is 5.82 Å². The lowest BCUT2D eigenvalue weighted by molar-refractivity contribution is 0.130. The van der Waals surface area contributed by atoms with Gasteiger partial charge in [-0.1, -0.05) is 13.8 Å². The topological polar surface area (TPSA) is 83.6 Å². The van der Waals surface area contributed by atoms with Crippen LogP contribution in [-0.4, -0.2) is 69.7 Å². The monoisotopic (exact) mass is 434 g/mol. The number of nitrogens with zero attached hydrogens (tertiary/aromatic N) is 1. The first-order valence-electron chi connectivity index (χ1n) is 9.53. The highest BCUT2D eigenvalue weighted by Crippen LogP contribution is 2.27. The molecule has 9 heteroatoms. The van der Waals surface area contributed by atoms with Gasteiger partial charge in [-0.05, 0) is 57.6 Å². The smallest absolute Gasteiger partial charge is 0.183 e. The Kier molecular flexibility index (Phi) is 6.95. The van der Waals surface area contributed by atoms with Crippen LogP contribution in [0.4, 0.5) is 4.39 Å². The van der Waals surface area contributed by atoms with Gasteiger partial charge in [0.25, 0.3) is 0 Å². The molecule has 0 aliphatic carbocycles. The molecule has 1 N–H and O–H groups in total. The van der Waals surface area contributed by atoms with Crippen LogP contribution in [-0.2, 0) is 19.7 Å². The zero-order chi connectivity index (χ0) is 21.3. The first kappa shape index (κ1) is 23.3. The summed E-state index contributed by atoms with van der Waals surface area (Å²) in [6, 6.07) is 2.89. The predicted molar refractivity (Wildman–Crippen MR) is 110 cm³/mol. The molecule has 28 heavy (non-hydrogen) atoms. The summed E-state index contributed by atoms with van der Waals surface area (Å²) in [5.74, 6) is -1.13. The maximum Gasteiger partial charge on any atom is 0.183 e. The van der Waals surface area contributed by atoms with E-state index < -0.39 is 42.5 Å². The highest BCUT2D eigenvalue weighted by molar-refractivity contribution is 7.96. The zero-order valence-corrected chi connectivity index (χ0v) is 18.8. The van der Waals surface area contributed by atoms with E-state index in [1.165, 1.54) is 19.1 Å². The lowest BCUT2D eigenvalue weighted by Crippen LogP contribution is -2.54. The van der Waals surface area contributed by atoms with Crippen LogP contribution in [0.2, 0.25) is 0 Å². The fraction of sp³-hybridized carbons (Fsp3) is 0.684. The van der Waals surface area contributed by atoms with Crippen molar-refractivity contribution in [1.82, 2.24) is 10.2 Å². The van der Waals surface area contributed by atoms with Crippen LogP contribution in [0.25, 0.3) is 0 Å². The summed E-state index contributed by atoms with van der Waals surface area (Å²) in [5.41, 5.74) is -0.0366. The van der Waals surface area contributed by atoms with Gasteiger partial charge in [-0.15, -0.1) is 0 Å². The van der Waals surface area contributed by atoms with E-state index in [9.17, 15) is 21.2 Å². The van der Waals surface area contributed by atoms with Gasteiger partial charge in [0.05, 0.1) is 21.7 Å². The van der Waals surface area contributed by atoms with Gasteiger partial charge in [-0.25, -0.2) is 21.2 Å². The Morgan fingerprint density at radius 3 is 2.36 bits per heavy atom. The quantitative estimate of drug-likeness (QED) is 0.628. The third kappa shape index (κ3) is 4.93. The summed E-state index contributed by atoms with van der Waals surface area (Å²) in [6.45, 7) is 11.8. The van der Waals surface area contributed by atoms with E-state index in [1.807, 2.05) is 13.8 Å². The van der Waals surface area contributed by atoms with Crippen molar-refractivity contribution in [2.24, 2.45) is 0 Å². The van der Waals surface area contributed by atoms with Crippen LogP contribution in [0, 0.1) is 12.7 Å². The molecule has 0 bridgehead atoms. The number of nitrogens with one attached hydrogen (secondary N) is 1. The third-order valence-electron chi connectivity index (χ3n) is 5.57. The molecule has 2 atom stereocenters. The van der Waals surface area contributed by atoms with E-state index in [1.54, 1.807) is 0 Å². The SMILES string of the molecule is CCN(CC)C(C)(C)CN[C@H]1CS(=O)(=O)C[C@@H]1S(=O)(=O)c1ccc(F)c(C)c1. The van der Waals surface area contributed by atoms with Crippen molar-refractivity contribution in [2.45, 2.75) is 56.3 Å². The van der Waals surface area contributed by atoms with Crippen molar-refractivity contribution in [2.75, 3.05) is 31.1 Å². The molecule has 0 unspecified atom stereocenters. The minimum absolute atomic E-state index is 0.0386. The van der Waals surface area contributed by atoms with E-state index >= 15 is 0 Å². The van der Waals surface area contributed by atoms with Crippen LogP contribution in [0.1, 0.15) is 33.3 Å². The summed E-state index contributed by atoms with van der Waals surface area (Å²) in [6.07, 6.45) is 0. The molecule has 160 valence electrons. The van der Waals surface area contributed by atoms with Crippen molar-refractivity contribution in [3.8, 4) is 0 Å². The molecule has 6 nitrogen and oxygen atoms in total. The molecule has 1 heterocycles. The molecule has 0 amide bonds. The largest absolute Gasteiger partial charge is 0.310 e. The van der Waals surface area contributed by atoms with E-state index in [0.717, 1.165) is 19.2 Å². The summed E-state index contributed by atoms with van der Waals surface area (Å²) < 4.78 is 64.3. The van der Waals surface area contributed by atoms with E-state index in [2.05, 4.69) is 24.1 Å². The molecule has 1 aromatic rings. The summed E-state index contributed by atoms with van der Waals surface area (Å²) in [5, 5.41) is 2.12. The highest BCUT2D eigenvalue weighted by atomic mass is 32.2. The molecule has 0 radical (unpaired) electrons. The van der Waals surface area contributed by atoms with Gasteiger partial charge < -0.3 is 5.32 Å². The number of sulfone groups is 2. The molecular weight excluding hydrogens is 403 g/mol. The predicted octanol–water partition coefficient (Wildman–Crippen LogP) is 1.78. The second-order valence-electron chi connectivity index (χ2n) is 8.04. The molecule has 1 aromatic carbocycles. The maximum atomic E-state index is 13.6. The molecule has 1 saturated heterocycles. The fourth-order valence-corrected chi connectivity index (χ4v) is 8.65. The number of hydrogen-bond acceptors (Lipinski definition) is 6. The van der Waals surface area contributed by atoms with Crippen molar-refractivity contribution in [3.05, 3.63) is 29.6 Å². The number of benzene rings is 1. The number of hydrogen-bond donors (Lipinski definition) is 1. The summed E-state index contributed by atoms with van der Waals surface area (Å²) in [4.78, 5) is 2.19. The molecule has 1 fully saturated rings. The Bertz CT molecular complexity index is 910. The number of likely N-dealkylation sites (N-methyl/N-ethyl adjacent to an activating group) is 1. The molecule has 1 aliphatic heterocycles. The van der Waals surface area contributed by atoms with Crippen LogP contribution in [0.5, 0.6) is 0 Å². The van der Waals surface area contributed by atoms with Crippen LogP contribution in [0.15, 0.2) is 23.1 Å². The molecule has 2 rings (SSSR count). The molecule has 0 aromatic heterocycles. The standard InChI is InChI=1S/C19H31FN2O4S2/c1-6-22(7-2)19(4,5)13-21-17-11-27(23,24)12-18(17)28(25,26)15-8-9-16(20)14(3)10-15/h8-10,17-18,21H,6-7,11-13H2,1-5H3/t17-,18-/m0/s1. The normalized spacial score (nSPS) is 22.7. The van der Waals surface area contributed by atoms with E-state index in [-0.39, 0.29) is 21.8 Å². The second kappa shape index (κ2) is 8.38. The van der Waals surface area contributed by atoms with Gasteiger partial charge in [0, 0.05) is 18.1 Å². The Balaban J connectivity index is 2.30. The van der Waals surface area contributed by atoms with E-state index in [0.29, 0.717) is 6.54 Å². The van der Waals surface area contributed by atoms with Crippen molar-refractivity contribution < 1.29 is 21.2 Å². The number of aryl methyl sites for hydroxylation is 1. The van der Waals surface area contributed by atoms with E-state index in [4.69, 9.17) is 0 Å². The Labute approximate surface area is 168 Å². The Morgan fingerprint density at radius 2 is 1.82 bits per heavy atom. The average molecular weight is 435 g/mol. The minimum Gasteiger partial charge on any atom is -0.310 e. The summed E-state index contributed by atoms with van der Waals surface area (Å²) >= 11 is 0. The van der Waals surface area contributed by atoms with Crippen LogP contribution < -0.4 is 5.32 Å². The Hall–Kier alpha value is -1.03. The second-order valence-corrected chi connectivity index (χ2v) is 12.4. The summed E-state index contributed by atoms with van der Waals surface area (Å²) in [7, 11) is -7.40. The van der Waals surface area contributed by atoms with Gasteiger partial charge in [0.2, 0.25) is 0 Å². The average Bonchev–Trinajstić information content (AvgIpc) is 2.92. The zero-order valence-electron chi connectivity index (χ0n) is 17.2. The fourth-order valence-electron chi connectivity index (χ4n) is 3.85. The van der Waals surface area contributed by atoms with Gasteiger partial charge in [-0.2, -0.15) is 0 Å². The number of halogens is 1. The first-order valence-corrected chi connectivity index (χ1v) is 12.9. The lowest BCUT2D eigenvalue weighted by atomic mass is 10.0. The van der Waals surface area contributed by atoms with Crippen LogP contribution >= 0.6 is 0 Å². The first-order chi connectivity index (χ1) is 12.8. The van der Waals surface area contributed by atoms with Gasteiger partial charge in [0.15, 0.2) is 19.7 Å². The highest BCUT2D eigenvalue weighted by Gasteiger charge is 2.46.